The highest BCUT2D eigenvalue weighted by molar-refractivity contribution is 5.94. The molecule has 2 fully saturated rings. The van der Waals surface area contributed by atoms with Crippen molar-refractivity contribution < 1.29 is 18.0 Å². The summed E-state index contributed by atoms with van der Waals surface area (Å²) < 4.78 is 37.3. The number of rotatable bonds is 3. The highest BCUT2D eigenvalue weighted by Crippen LogP contribution is 2.49. The molecule has 2 bridgehead atoms. The Balaban J connectivity index is 1.65. The van der Waals surface area contributed by atoms with Gasteiger partial charge in [0.1, 0.15) is 5.69 Å². The molecular weight excluding hydrogens is 267 g/mol. The topological polar surface area (TPSA) is 30.0 Å². The first-order chi connectivity index (χ1) is 9.43. The van der Waals surface area contributed by atoms with Crippen LogP contribution < -0.4 is 0 Å². The number of carbonyl (C=O) groups is 1. The molecule has 20 heavy (non-hydrogen) atoms. The molecule has 1 aromatic heterocycles. The van der Waals surface area contributed by atoms with Gasteiger partial charge in [0.15, 0.2) is 5.78 Å². The minimum atomic E-state index is -4.40. The first-order valence-electron chi connectivity index (χ1n) is 7.00. The number of nitrogens with zero attached hydrogens (tertiary/aromatic N) is 1. The van der Waals surface area contributed by atoms with Crippen LogP contribution in [0.1, 0.15) is 48.2 Å². The predicted octanol–water partition coefficient (Wildman–Crippen LogP) is 4.11. The van der Waals surface area contributed by atoms with Crippen LogP contribution in [-0.2, 0) is 6.18 Å². The van der Waals surface area contributed by atoms with E-state index in [1.807, 2.05) is 0 Å². The Hall–Kier alpha value is -1.39. The zero-order chi connectivity index (χ0) is 14.3. The van der Waals surface area contributed by atoms with Crippen LogP contribution in [0.2, 0.25) is 0 Å². The Labute approximate surface area is 115 Å². The van der Waals surface area contributed by atoms with Gasteiger partial charge in [-0.05, 0) is 49.1 Å². The summed E-state index contributed by atoms with van der Waals surface area (Å²) in [5.74, 6) is 1.68. The summed E-state index contributed by atoms with van der Waals surface area (Å²) in [6.45, 7) is 0. The first kappa shape index (κ1) is 13.6. The summed E-state index contributed by atoms with van der Waals surface area (Å²) in [6.07, 6.45) is 1.55. The van der Waals surface area contributed by atoms with Crippen LogP contribution in [0, 0.1) is 17.8 Å². The number of halogens is 3. The fraction of sp³-hybridized carbons (Fsp3) is 0.600. The summed E-state index contributed by atoms with van der Waals surface area (Å²) in [5.41, 5.74) is -0.658. The fourth-order valence-electron chi connectivity index (χ4n) is 3.70. The highest BCUT2D eigenvalue weighted by Gasteiger charge is 2.40. The molecule has 1 aromatic rings. The van der Waals surface area contributed by atoms with E-state index in [4.69, 9.17) is 0 Å². The van der Waals surface area contributed by atoms with E-state index in [9.17, 15) is 18.0 Å². The van der Waals surface area contributed by atoms with E-state index in [-0.39, 0.29) is 11.5 Å². The molecule has 0 aliphatic heterocycles. The van der Waals surface area contributed by atoms with E-state index in [0.29, 0.717) is 18.3 Å². The number of carbonyl (C=O) groups excluding carboxylic acids is 1. The molecule has 0 amide bonds. The van der Waals surface area contributed by atoms with Crippen molar-refractivity contribution >= 4 is 5.78 Å². The molecule has 0 radical (unpaired) electrons. The summed E-state index contributed by atoms with van der Waals surface area (Å²) in [6, 6.07) is 2.12. The van der Waals surface area contributed by atoms with Gasteiger partial charge in [-0.3, -0.25) is 9.78 Å². The molecule has 3 atom stereocenters. The maximum Gasteiger partial charge on any atom is 0.417 e. The second-order valence-electron chi connectivity index (χ2n) is 5.99. The van der Waals surface area contributed by atoms with Gasteiger partial charge in [0, 0.05) is 12.6 Å². The molecule has 3 rings (SSSR count). The number of Topliss-reactive ketones (excluding diaryl/α,β-unsaturated/α-hetero) is 1. The van der Waals surface area contributed by atoms with Crippen molar-refractivity contribution in [2.45, 2.75) is 38.3 Å². The van der Waals surface area contributed by atoms with Crippen molar-refractivity contribution in [1.82, 2.24) is 4.98 Å². The lowest BCUT2D eigenvalue weighted by Crippen LogP contribution is -2.16. The lowest BCUT2D eigenvalue weighted by atomic mass is 9.85. The van der Waals surface area contributed by atoms with Crippen molar-refractivity contribution in [3.8, 4) is 0 Å². The van der Waals surface area contributed by atoms with Gasteiger partial charge in [0.25, 0.3) is 0 Å². The van der Waals surface area contributed by atoms with Crippen molar-refractivity contribution in [3.05, 3.63) is 29.6 Å². The number of aromatic nitrogens is 1. The summed E-state index contributed by atoms with van der Waals surface area (Å²) in [7, 11) is 0. The van der Waals surface area contributed by atoms with Crippen molar-refractivity contribution in [2.24, 2.45) is 17.8 Å². The maximum atomic E-state index is 12.4. The van der Waals surface area contributed by atoms with Gasteiger partial charge < -0.3 is 0 Å². The lowest BCUT2D eigenvalue weighted by Gasteiger charge is -2.20. The Morgan fingerprint density at radius 2 is 2.05 bits per heavy atom. The summed E-state index contributed by atoms with van der Waals surface area (Å²) >= 11 is 0. The van der Waals surface area contributed by atoms with Gasteiger partial charge in [0.05, 0.1) is 5.56 Å². The zero-order valence-electron chi connectivity index (χ0n) is 11.0. The third kappa shape index (κ3) is 2.58. The Bertz CT molecular complexity index is 509. The van der Waals surface area contributed by atoms with Gasteiger partial charge in [-0.2, -0.15) is 13.2 Å². The van der Waals surface area contributed by atoms with Crippen LogP contribution in [-0.4, -0.2) is 10.8 Å². The monoisotopic (exact) mass is 283 g/mol. The van der Waals surface area contributed by atoms with E-state index in [1.54, 1.807) is 0 Å². The molecule has 2 nitrogen and oxygen atoms in total. The maximum absolute atomic E-state index is 12.4. The highest BCUT2D eigenvalue weighted by atomic mass is 19.4. The van der Waals surface area contributed by atoms with E-state index in [2.05, 4.69) is 4.98 Å². The van der Waals surface area contributed by atoms with Crippen LogP contribution in [0.3, 0.4) is 0 Å². The first-order valence-corrected chi connectivity index (χ1v) is 7.00. The average Bonchev–Trinajstić information content (AvgIpc) is 3.00. The van der Waals surface area contributed by atoms with Crippen LogP contribution >= 0.6 is 0 Å². The zero-order valence-corrected chi connectivity index (χ0v) is 11.0. The Morgan fingerprint density at radius 1 is 1.25 bits per heavy atom. The van der Waals surface area contributed by atoms with Gasteiger partial charge >= 0.3 is 6.18 Å². The third-order valence-electron chi connectivity index (χ3n) is 4.71. The molecule has 2 aliphatic carbocycles. The Morgan fingerprint density at radius 3 is 2.55 bits per heavy atom. The molecule has 2 aliphatic rings. The molecule has 108 valence electrons. The van der Waals surface area contributed by atoms with Gasteiger partial charge in [0.2, 0.25) is 0 Å². The van der Waals surface area contributed by atoms with Crippen molar-refractivity contribution in [3.63, 3.8) is 0 Å². The normalized spacial score (nSPS) is 28.9. The second-order valence-corrected chi connectivity index (χ2v) is 5.99. The molecule has 3 unspecified atom stereocenters. The number of fused-ring (bicyclic) bond motifs is 2. The molecular formula is C15H16F3NO. The van der Waals surface area contributed by atoms with Crippen LogP contribution in [0.5, 0.6) is 0 Å². The van der Waals surface area contributed by atoms with E-state index >= 15 is 0 Å². The predicted molar refractivity (Wildman–Crippen MR) is 67.1 cm³/mol. The Kier molecular flexibility index (Phi) is 3.30. The van der Waals surface area contributed by atoms with Crippen LogP contribution in [0.15, 0.2) is 18.3 Å². The molecule has 0 saturated heterocycles. The number of hydrogen-bond donors (Lipinski definition) is 0. The molecule has 0 N–H and O–H groups in total. The molecule has 0 spiro atoms. The second kappa shape index (κ2) is 4.86. The standard InChI is InChI=1S/C15H16F3NO/c16-15(17,18)12-3-4-13(19-8-12)14(20)7-11-6-9-1-2-10(11)5-9/h3-4,8-11H,1-2,5-7H2. The summed E-state index contributed by atoms with van der Waals surface area (Å²) in [5, 5.41) is 0. The quantitative estimate of drug-likeness (QED) is 0.781. The SMILES string of the molecule is O=C(CC1CC2CCC1C2)c1ccc(C(F)(F)F)cn1. The third-order valence-corrected chi connectivity index (χ3v) is 4.71. The van der Waals surface area contributed by atoms with Gasteiger partial charge in [-0.1, -0.05) is 6.42 Å². The number of ketones is 1. The number of alkyl halides is 3. The van der Waals surface area contributed by atoms with E-state index < -0.39 is 11.7 Å². The van der Waals surface area contributed by atoms with Crippen LogP contribution in [0.4, 0.5) is 13.2 Å². The van der Waals surface area contributed by atoms with E-state index in [1.165, 1.54) is 25.3 Å². The average molecular weight is 283 g/mol. The fourth-order valence-corrected chi connectivity index (χ4v) is 3.70. The molecule has 1 heterocycles. The van der Waals surface area contributed by atoms with Crippen molar-refractivity contribution in [1.29, 1.82) is 0 Å². The minimum absolute atomic E-state index is 0.128. The number of hydrogen-bond acceptors (Lipinski definition) is 2. The minimum Gasteiger partial charge on any atom is -0.292 e. The van der Waals surface area contributed by atoms with Gasteiger partial charge in [-0.25, -0.2) is 0 Å². The lowest BCUT2D eigenvalue weighted by molar-refractivity contribution is -0.137. The number of pyridine rings is 1. The van der Waals surface area contributed by atoms with Gasteiger partial charge in [-0.15, -0.1) is 0 Å². The molecule has 2 saturated carbocycles. The molecule has 0 aromatic carbocycles. The van der Waals surface area contributed by atoms with E-state index in [0.717, 1.165) is 24.6 Å². The van der Waals surface area contributed by atoms with Crippen LogP contribution in [0.25, 0.3) is 0 Å². The van der Waals surface area contributed by atoms with Crippen molar-refractivity contribution in [2.75, 3.05) is 0 Å². The largest absolute Gasteiger partial charge is 0.417 e. The summed E-state index contributed by atoms with van der Waals surface area (Å²) in [4.78, 5) is 15.8. The molecule has 5 heteroatoms. The smallest absolute Gasteiger partial charge is 0.292 e.